The summed E-state index contributed by atoms with van der Waals surface area (Å²) in [6.07, 6.45) is 0.961. The first-order valence-corrected chi connectivity index (χ1v) is 9.52. The maximum atomic E-state index is 13.1. The Kier molecular flexibility index (Phi) is 6.59. The lowest BCUT2D eigenvalue weighted by Gasteiger charge is -2.20. The van der Waals surface area contributed by atoms with Crippen LogP contribution in [0.4, 0.5) is 4.39 Å². The first kappa shape index (κ1) is 20.5. The van der Waals surface area contributed by atoms with E-state index in [-0.39, 0.29) is 24.1 Å². The normalized spacial score (nSPS) is 13.0. The molecule has 0 unspecified atom stereocenters. The van der Waals surface area contributed by atoms with Crippen LogP contribution in [0.15, 0.2) is 53.1 Å². The minimum absolute atomic E-state index is 0.0887. The van der Waals surface area contributed by atoms with Gasteiger partial charge >= 0.3 is 0 Å². The summed E-state index contributed by atoms with van der Waals surface area (Å²) in [6, 6.07) is 12.8. The average molecular weight is 397 g/mol. The van der Waals surface area contributed by atoms with Crippen molar-refractivity contribution in [3.05, 3.63) is 65.8 Å². The molecule has 3 aromatic rings. The number of aromatic nitrogens is 2. The average Bonchev–Trinajstić information content (AvgIpc) is 3.23. The second kappa shape index (κ2) is 9.32. The molecule has 0 bridgehead atoms. The number of hydrogen-bond acceptors (Lipinski definition) is 5. The van der Waals surface area contributed by atoms with Crippen LogP contribution in [0.1, 0.15) is 37.8 Å². The Balaban J connectivity index is 1.77. The number of nitrogens with zero attached hydrogens (tertiary/aromatic N) is 2. The van der Waals surface area contributed by atoms with Crippen molar-refractivity contribution >= 4 is 5.91 Å². The smallest absolute Gasteiger partial charge is 0.249 e. The van der Waals surface area contributed by atoms with E-state index in [9.17, 15) is 9.18 Å². The molecule has 29 heavy (non-hydrogen) atoms. The van der Waals surface area contributed by atoms with Gasteiger partial charge in [0.2, 0.25) is 17.6 Å². The van der Waals surface area contributed by atoms with Crippen LogP contribution >= 0.6 is 0 Å². The van der Waals surface area contributed by atoms with Crippen molar-refractivity contribution in [1.82, 2.24) is 15.5 Å². The third-order valence-corrected chi connectivity index (χ3v) is 4.84. The maximum Gasteiger partial charge on any atom is 0.249 e. The monoisotopic (exact) mass is 397 g/mol. The van der Waals surface area contributed by atoms with Gasteiger partial charge in [-0.3, -0.25) is 4.79 Å². The predicted octanol–water partition coefficient (Wildman–Crippen LogP) is 4.33. The van der Waals surface area contributed by atoms with Crippen molar-refractivity contribution < 1.29 is 18.4 Å². The highest BCUT2D eigenvalue weighted by Crippen LogP contribution is 2.27. The molecule has 1 amide bonds. The van der Waals surface area contributed by atoms with E-state index >= 15 is 0 Å². The number of amides is 1. The molecule has 0 saturated carbocycles. The molecule has 0 fully saturated rings. The molecule has 2 aromatic carbocycles. The molecule has 0 saturated heterocycles. The maximum absolute atomic E-state index is 13.1. The zero-order valence-electron chi connectivity index (χ0n) is 16.7. The summed E-state index contributed by atoms with van der Waals surface area (Å²) in [7, 11) is 1.59. The summed E-state index contributed by atoms with van der Waals surface area (Å²) in [5, 5.41) is 7.05. The summed E-state index contributed by atoms with van der Waals surface area (Å²) in [6.45, 7) is 4.04. The number of nitrogens with one attached hydrogen (secondary N) is 1. The molecule has 2 atom stereocenters. The van der Waals surface area contributed by atoms with Crippen molar-refractivity contribution in [3.8, 4) is 17.1 Å². The molecule has 0 radical (unpaired) electrons. The van der Waals surface area contributed by atoms with Gasteiger partial charge in [-0.2, -0.15) is 4.98 Å². The van der Waals surface area contributed by atoms with Crippen LogP contribution in [0.3, 0.4) is 0 Å². The molecule has 0 spiro atoms. The molecule has 0 aliphatic heterocycles. The predicted molar refractivity (Wildman–Crippen MR) is 107 cm³/mol. The van der Waals surface area contributed by atoms with Gasteiger partial charge in [-0.05, 0) is 35.7 Å². The number of halogens is 1. The van der Waals surface area contributed by atoms with E-state index in [4.69, 9.17) is 9.26 Å². The molecule has 1 heterocycles. The standard InChI is InChI=1S/C22H24FN3O3/c1-4-14(2)20(24-19(27)12-15-8-10-17(23)11-9-15)22-25-21(26-29-22)16-6-5-7-18(13-16)28-3/h5-11,13-14,20H,4,12H2,1-3H3,(H,24,27)/t14-,20+/m0/s1. The van der Waals surface area contributed by atoms with E-state index in [0.29, 0.717) is 17.5 Å². The summed E-state index contributed by atoms with van der Waals surface area (Å²) in [5.74, 6) is 1.04. The lowest BCUT2D eigenvalue weighted by atomic mass is 9.98. The molecular formula is C22H24FN3O3. The largest absolute Gasteiger partial charge is 0.497 e. The van der Waals surface area contributed by atoms with E-state index in [0.717, 1.165) is 17.5 Å². The number of ether oxygens (including phenoxy) is 1. The fourth-order valence-corrected chi connectivity index (χ4v) is 2.94. The summed E-state index contributed by atoms with van der Waals surface area (Å²) < 4.78 is 23.8. The van der Waals surface area contributed by atoms with E-state index in [1.54, 1.807) is 19.2 Å². The molecule has 6 nitrogen and oxygen atoms in total. The van der Waals surface area contributed by atoms with Crippen LogP contribution in [0.25, 0.3) is 11.4 Å². The first-order chi connectivity index (χ1) is 14.0. The lowest BCUT2D eigenvalue weighted by Crippen LogP contribution is -2.33. The Hall–Kier alpha value is -3.22. The molecule has 1 aromatic heterocycles. The van der Waals surface area contributed by atoms with Gasteiger partial charge in [0.15, 0.2) is 0 Å². The molecule has 7 heteroatoms. The van der Waals surface area contributed by atoms with Gasteiger partial charge in [0, 0.05) is 5.56 Å². The van der Waals surface area contributed by atoms with Crippen LogP contribution in [0.5, 0.6) is 5.75 Å². The fourth-order valence-electron chi connectivity index (χ4n) is 2.94. The number of methoxy groups -OCH3 is 1. The Morgan fingerprint density at radius 3 is 2.69 bits per heavy atom. The van der Waals surface area contributed by atoms with Crippen molar-refractivity contribution in [2.24, 2.45) is 5.92 Å². The molecule has 152 valence electrons. The van der Waals surface area contributed by atoms with Crippen LogP contribution in [-0.4, -0.2) is 23.2 Å². The summed E-state index contributed by atoms with van der Waals surface area (Å²) >= 11 is 0. The van der Waals surface area contributed by atoms with Crippen molar-refractivity contribution in [1.29, 1.82) is 0 Å². The Bertz CT molecular complexity index is 956. The zero-order valence-corrected chi connectivity index (χ0v) is 16.7. The number of carbonyl (C=O) groups is 1. The van der Waals surface area contributed by atoms with Crippen molar-refractivity contribution in [2.45, 2.75) is 32.7 Å². The van der Waals surface area contributed by atoms with Crippen LogP contribution in [0, 0.1) is 11.7 Å². The van der Waals surface area contributed by atoms with Gasteiger partial charge in [0.25, 0.3) is 0 Å². The zero-order chi connectivity index (χ0) is 20.8. The highest BCUT2D eigenvalue weighted by Gasteiger charge is 2.26. The quantitative estimate of drug-likeness (QED) is 0.612. The minimum Gasteiger partial charge on any atom is -0.497 e. The van der Waals surface area contributed by atoms with Crippen molar-refractivity contribution in [3.63, 3.8) is 0 Å². The van der Waals surface area contributed by atoms with E-state index < -0.39 is 6.04 Å². The van der Waals surface area contributed by atoms with E-state index in [1.807, 2.05) is 38.1 Å². The number of carbonyl (C=O) groups excluding carboxylic acids is 1. The Morgan fingerprint density at radius 2 is 2.00 bits per heavy atom. The number of hydrogen-bond donors (Lipinski definition) is 1. The number of benzene rings is 2. The van der Waals surface area contributed by atoms with Crippen LogP contribution < -0.4 is 10.1 Å². The van der Waals surface area contributed by atoms with Crippen LogP contribution in [-0.2, 0) is 11.2 Å². The van der Waals surface area contributed by atoms with E-state index in [1.165, 1.54) is 12.1 Å². The summed E-state index contributed by atoms with van der Waals surface area (Å²) in [4.78, 5) is 17.0. The third-order valence-electron chi connectivity index (χ3n) is 4.84. The molecule has 3 rings (SSSR count). The third kappa shape index (κ3) is 5.19. The van der Waals surface area contributed by atoms with Gasteiger partial charge in [-0.1, -0.05) is 49.7 Å². The van der Waals surface area contributed by atoms with Crippen LogP contribution in [0.2, 0.25) is 0 Å². The van der Waals surface area contributed by atoms with Gasteiger partial charge in [0.1, 0.15) is 17.6 Å². The lowest BCUT2D eigenvalue weighted by molar-refractivity contribution is -0.121. The Morgan fingerprint density at radius 1 is 1.24 bits per heavy atom. The van der Waals surface area contributed by atoms with E-state index in [2.05, 4.69) is 15.5 Å². The van der Waals surface area contributed by atoms with Crippen molar-refractivity contribution in [2.75, 3.05) is 7.11 Å². The van der Waals surface area contributed by atoms with Gasteiger partial charge < -0.3 is 14.6 Å². The van der Waals surface area contributed by atoms with Gasteiger partial charge in [0.05, 0.1) is 13.5 Å². The first-order valence-electron chi connectivity index (χ1n) is 9.52. The molecule has 0 aliphatic rings. The Labute approximate surface area is 169 Å². The molecule has 0 aliphatic carbocycles. The molecular weight excluding hydrogens is 373 g/mol. The van der Waals surface area contributed by atoms with Gasteiger partial charge in [-0.15, -0.1) is 0 Å². The summed E-state index contributed by atoms with van der Waals surface area (Å²) in [5.41, 5.74) is 1.49. The second-order valence-corrected chi connectivity index (χ2v) is 6.92. The fraction of sp³-hybridized carbons (Fsp3) is 0.318. The molecule has 1 N–H and O–H groups in total. The SMILES string of the molecule is CC[C@H](C)[C@@H](NC(=O)Cc1ccc(F)cc1)c1nc(-c2cccc(OC)c2)no1. The second-order valence-electron chi connectivity index (χ2n) is 6.92. The number of rotatable bonds is 8. The van der Waals surface area contributed by atoms with Gasteiger partial charge in [-0.25, -0.2) is 4.39 Å². The highest BCUT2D eigenvalue weighted by atomic mass is 19.1. The topological polar surface area (TPSA) is 77.2 Å². The highest BCUT2D eigenvalue weighted by molar-refractivity contribution is 5.79. The minimum atomic E-state index is -0.417.